The van der Waals surface area contributed by atoms with Crippen LogP contribution >= 0.6 is 0 Å². The molecule has 0 aliphatic heterocycles. The summed E-state index contributed by atoms with van der Waals surface area (Å²) in [4.78, 5) is 0. The summed E-state index contributed by atoms with van der Waals surface area (Å²) in [5.74, 6) is 1.30. The summed E-state index contributed by atoms with van der Waals surface area (Å²) in [6.45, 7) is 9.04. The van der Waals surface area contributed by atoms with Crippen molar-refractivity contribution in [3.63, 3.8) is 0 Å². The van der Waals surface area contributed by atoms with Crippen molar-refractivity contribution < 1.29 is 42.9 Å². The van der Waals surface area contributed by atoms with Crippen molar-refractivity contribution in [1.29, 1.82) is 0 Å². The topological polar surface area (TPSA) is 103 Å². The normalized spacial score (nSPS) is 8.00. The van der Waals surface area contributed by atoms with Gasteiger partial charge < -0.3 is 21.2 Å². The molecule has 0 amide bonds. The molecule has 96 valence electrons. The van der Waals surface area contributed by atoms with Crippen LogP contribution in [0.4, 0.5) is 0 Å². The average Bonchev–Trinajstić information content (AvgIpc) is 1.87. The van der Waals surface area contributed by atoms with Crippen LogP contribution in [0.5, 0.6) is 0 Å². The number of aliphatic hydroxyl groups is 2. The molecule has 0 bridgehead atoms. The molecule has 0 saturated carbocycles. The molecule has 0 aliphatic rings. The Kier molecular flexibility index (Phi) is 47.3. The van der Waals surface area contributed by atoms with Gasteiger partial charge in [0.2, 0.25) is 0 Å². The zero-order chi connectivity index (χ0) is 9.98. The Labute approximate surface area is 109 Å². The molecule has 0 spiro atoms. The molecule has 4 nitrogen and oxygen atoms in total. The van der Waals surface area contributed by atoms with Crippen LogP contribution in [0.1, 0.15) is 40.5 Å². The number of rotatable bonds is 4. The molecule has 0 aromatic rings. The third-order valence-electron chi connectivity index (χ3n) is 1.41. The number of aliphatic hydroxyl groups excluding tert-OH is 2. The molecule has 0 heterocycles. The maximum absolute atomic E-state index is 8.24. The summed E-state index contributed by atoms with van der Waals surface area (Å²) in [7, 11) is 0. The summed E-state index contributed by atoms with van der Waals surface area (Å²) >= 11 is 0. The molecule has 0 aliphatic carbocycles. The maximum Gasteiger partial charge on any atom is 0.0433 e. The van der Waals surface area contributed by atoms with Gasteiger partial charge in [-0.05, 0) is 24.7 Å². The van der Waals surface area contributed by atoms with Gasteiger partial charge in [0.15, 0.2) is 0 Å². The minimum absolute atomic E-state index is 0. The molecule has 0 rings (SSSR count). The Morgan fingerprint density at radius 2 is 0.933 bits per heavy atom. The van der Waals surface area contributed by atoms with Gasteiger partial charge in [0.1, 0.15) is 0 Å². The van der Waals surface area contributed by atoms with E-state index in [2.05, 4.69) is 27.7 Å². The van der Waals surface area contributed by atoms with Crippen molar-refractivity contribution >= 4 is 0 Å². The molecule has 0 saturated heterocycles. The molecule has 0 fully saturated rings. The monoisotopic (exact) mass is 260 g/mol. The maximum atomic E-state index is 8.24. The van der Waals surface area contributed by atoms with E-state index in [1.54, 1.807) is 0 Å². The van der Waals surface area contributed by atoms with Crippen molar-refractivity contribution in [2.75, 3.05) is 13.2 Å². The fourth-order valence-electron chi connectivity index (χ4n) is 0.516. The predicted octanol–water partition coefficient (Wildman–Crippen LogP) is 0.398. The second-order valence-corrected chi connectivity index (χ2v) is 3.81. The summed E-state index contributed by atoms with van der Waals surface area (Å²) in [6.07, 6.45) is 1.86. The first kappa shape index (κ1) is 29.6. The van der Waals surface area contributed by atoms with Gasteiger partial charge in [0, 0.05) is 34.9 Å². The van der Waals surface area contributed by atoms with Gasteiger partial charge in [-0.3, -0.25) is 0 Å². The van der Waals surface area contributed by atoms with E-state index in [-0.39, 0.29) is 32.7 Å². The molecule has 0 aromatic heterocycles. The third kappa shape index (κ3) is 53.4. The first-order chi connectivity index (χ1) is 5.54. The predicted molar refractivity (Wildman–Crippen MR) is 60.3 cm³/mol. The minimum Gasteiger partial charge on any atom is -0.412 e. The fourth-order valence-corrected chi connectivity index (χ4v) is 0.516. The molecule has 5 heteroatoms. The van der Waals surface area contributed by atoms with Gasteiger partial charge >= 0.3 is 0 Å². The van der Waals surface area contributed by atoms with Crippen molar-refractivity contribution in [3.8, 4) is 0 Å². The van der Waals surface area contributed by atoms with Gasteiger partial charge in [-0.2, -0.15) is 0 Å². The van der Waals surface area contributed by atoms with Crippen LogP contribution in [0.2, 0.25) is 0 Å². The zero-order valence-corrected chi connectivity index (χ0v) is 11.9. The van der Waals surface area contributed by atoms with Gasteiger partial charge in [-0.25, -0.2) is 0 Å². The molecule has 0 unspecified atom stereocenters. The first-order valence-electron chi connectivity index (χ1n) is 4.76. The first-order valence-corrected chi connectivity index (χ1v) is 4.76. The summed E-state index contributed by atoms with van der Waals surface area (Å²) in [5.41, 5.74) is 0. The minimum atomic E-state index is 0. The van der Waals surface area contributed by atoms with Crippen LogP contribution in [0.25, 0.3) is 0 Å². The van der Waals surface area contributed by atoms with Crippen molar-refractivity contribution in [1.82, 2.24) is 0 Å². The standard InChI is InChI=1S/2C5H12O.2H2O.Ti/c2*1-5(2)3-4-6;;;/h2*5-6H,3-4H2,1-2H3;2*1H2;. The van der Waals surface area contributed by atoms with E-state index >= 15 is 0 Å². The Morgan fingerprint density at radius 1 is 0.733 bits per heavy atom. The molecular formula is C10H28O4Ti. The van der Waals surface area contributed by atoms with Crippen LogP contribution in [-0.4, -0.2) is 34.4 Å². The largest absolute Gasteiger partial charge is 0.412 e. The molecule has 0 radical (unpaired) electrons. The quantitative estimate of drug-likeness (QED) is 0.714. The van der Waals surface area contributed by atoms with Crippen LogP contribution in [0.15, 0.2) is 0 Å². The second kappa shape index (κ2) is 24.0. The van der Waals surface area contributed by atoms with Gasteiger partial charge in [0.25, 0.3) is 0 Å². The summed E-state index contributed by atoms with van der Waals surface area (Å²) in [5, 5.41) is 16.5. The number of hydrogen-bond acceptors (Lipinski definition) is 2. The SMILES string of the molecule is CC(C)CCO.CC(C)CCO.O.O.[Ti]. The Bertz CT molecular complexity index is 69.8. The smallest absolute Gasteiger partial charge is 0.0433 e. The molecule has 6 N–H and O–H groups in total. The molecule has 15 heavy (non-hydrogen) atoms. The average molecular weight is 260 g/mol. The number of hydrogen-bond donors (Lipinski definition) is 2. The second-order valence-electron chi connectivity index (χ2n) is 3.81. The molecular weight excluding hydrogens is 232 g/mol. The van der Waals surface area contributed by atoms with Gasteiger partial charge in [0.05, 0.1) is 0 Å². The van der Waals surface area contributed by atoms with Gasteiger partial charge in [-0.1, -0.05) is 27.7 Å². The van der Waals surface area contributed by atoms with Crippen molar-refractivity contribution in [2.45, 2.75) is 40.5 Å². The van der Waals surface area contributed by atoms with Crippen LogP contribution in [0.3, 0.4) is 0 Å². The van der Waals surface area contributed by atoms with E-state index in [4.69, 9.17) is 10.2 Å². The van der Waals surface area contributed by atoms with E-state index in [0.717, 1.165) is 12.8 Å². The van der Waals surface area contributed by atoms with Crippen LogP contribution in [0, 0.1) is 11.8 Å². The Hall–Kier alpha value is 0.554. The summed E-state index contributed by atoms with van der Waals surface area (Å²) in [6, 6.07) is 0. The van der Waals surface area contributed by atoms with E-state index in [1.165, 1.54) is 0 Å². The van der Waals surface area contributed by atoms with Crippen LogP contribution < -0.4 is 0 Å². The van der Waals surface area contributed by atoms with E-state index < -0.39 is 0 Å². The van der Waals surface area contributed by atoms with E-state index in [1.807, 2.05) is 0 Å². The zero-order valence-electron chi connectivity index (χ0n) is 10.4. The van der Waals surface area contributed by atoms with Crippen molar-refractivity contribution in [3.05, 3.63) is 0 Å². The van der Waals surface area contributed by atoms with E-state index in [0.29, 0.717) is 25.0 Å². The van der Waals surface area contributed by atoms with Crippen molar-refractivity contribution in [2.24, 2.45) is 11.8 Å². The van der Waals surface area contributed by atoms with E-state index in [9.17, 15) is 0 Å². The summed E-state index contributed by atoms with van der Waals surface area (Å²) < 4.78 is 0. The van der Waals surface area contributed by atoms with Crippen LogP contribution in [-0.2, 0) is 21.7 Å². The third-order valence-corrected chi connectivity index (χ3v) is 1.41. The molecule has 0 atom stereocenters. The fraction of sp³-hybridized carbons (Fsp3) is 1.00. The Balaban J connectivity index is -0.0000000370. The Morgan fingerprint density at radius 3 is 0.933 bits per heavy atom. The van der Waals surface area contributed by atoms with Gasteiger partial charge in [-0.15, -0.1) is 0 Å². The molecule has 0 aromatic carbocycles.